The quantitative estimate of drug-likeness (QED) is 0.589. The summed E-state index contributed by atoms with van der Waals surface area (Å²) in [5.41, 5.74) is 6.79. The van der Waals surface area contributed by atoms with Crippen LogP contribution in [0.1, 0.15) is 32.1 Å². The molecule has 3 rings (SSSR count). The zero-order valence-corrected chi connectivity index (χ0v) is 16.7. The van der Waals surface area contributed by atoms with E-state index in [-0.39, 0.29) is 0 Å². The summed E-state index contributed by atoms with van der Waals surface area (Å²) in [5.74, 6) is 3.06. The van der Waals surface area contributed by atoms with Crippen LogP contribution in [0.25, 0.3) is 10.9 Å². The number of benzene rings is 1. The van der Waals surface area contributed by atoms with Gasteiger partial charge in [0.2, 0.25) is 5.95 Å². The molecule has 2 aromatic rings. The normalized spacial score (nSPS) is 20.1. The summed E-state index contributed by atoms with van der Waals surface area (Å²) in [7, 11) is 4.20. The second-order valence-electron chi connectivity index (χ2n) is 8.00. The highest BCUT2D eigenvalue weighted by molar-refractivity contribution is 5.89. The van der Waals surface area contributed by atoms with Gasteiger partial charge in [0.1, 0.15) is 5.82 Å². The van der Waals surface area contributed by atoms with Crippen molar-refractivity contribution in [1.82, 2.24) is 14.9 Å². The lowest BCUT2D eigenvalue weighted by Gasteiger charge is -2.27. The summed E-state index contributed by atoms with van der Waals surface area (Å²) >= 11 is 0. The molecule has 148 valence electrons. The molecule has 0 aliphatic heterocycles. The molecule has 0 amide bonds. The molecular formula is C21H34N6. The Bertz CT molecular complexity index is 709. The van der Waals surface area contributed by atoms with Crippen molar-refractivity contribution in [1.29, 1.82) is 0 Å². The molecule has 0 saturated heterocycles. The van der Waals surface area contributed by atoms with Crippen LogP contribution in [-0.2, 0) is 0 Å². The Hall–Kier alpha value is -1.92. The topological polar surface area (TPSA) is 79.1 Å². The molecule has 0 unspecified atom stereocenters. The van der Waals surface area contributed by atoms with Crippen LogP contribution in [0.2, 0.25) is 0 Å². The average Bonchev–Trinajstić information content (AvgIpc) is 2.69. The van der Waals surface area contributed by atoms with Gasteiger partial charge in [0.05, 0.1) is 5.52 Å². The fourth-order valence-electron chi connectivity index (χ4n) is 3.80. The molecule has 1 saturated carbocycles. The highest BCUT2D eigenvalue weighted by Crippen LogP contribution is 2.28. The molecule has 6 heteroatoms. The molecular weight excluding hydrogens is 336 g/mol. The van der Waals surface area contributed by atoms with E-state index >= 15 is 0 Å². The van der Waals surface area contributed by atoms with Crippen molar-refractivity contribution in [3.05, 3.63) is 24.3 Å². The Morgan fingerprint density at radius 2 is 1.78 bits per heavy atom. The molecule has 1 aliphatic carbocycles. The molecule has 0 atom stereocenters. The lowest BCUT2D eigenvalue weighted by molar-refractivity contribution is 0.289. The molecule has 1 aromatic carbocycles. The molecule has 1 fully saturated rings. The third kappa shape index (κ3) is 5.78. The Balaban J connectivity index is 1.63. The van der Waals surface area contributed by atoms with Crippen molar-refractivity contribution in [3.8, 4) is 0 Å². The van der Waals surface area contributed by atoms with Crippen LogP contribution in [-0.4, -0.2) is 55.1 Å². The first-order valence-electron chi connectivity index (χ1n) is 10.2. The summed E-state index contributed by atoms with van der Waals surface area (Å²) in [6.07, 6.45) is 6.08. The summed E-state index contributed by atoms with van der Waals surface area (Å²) in [6, 6.07) is 8.21. The zero-order chi connectivity index (χ0) is 19.1. The van der Waals surface area contributed by atoms with E-state index < -0.39 is 0 Å². The monoisotopic (exact) mass is 370 g/mol. The van der Waals surface area contributed by atoms with E-state index in [0.29, 0.717) is 5.92 Å². The van der Waals surface area contributed by atoms with Gasteiger partial charge < -0.3 is 21.3 Å². The van der Waals surface area contributed by atoms with Gasteiger partial charge in [-0.2, -0.15) is 4.98 Å². The van der Waals surface area contributed by atoms with Gasteiger partial charge in [0.25, 0.3) is 0 Å². The van der Waals surface area contributed by atoms with Gasteiger partial charge in [-0.15, -0.1) is 0 Å². The molecule has 1 heterocycles. The first kappa shape index (κ1) is 19.8. The largest absolute Gasteiger partial charge is 0.369 e. The molecule has 0 bridgehead atoms. The van der Waals surface area contributed by atoms with Gasteiger partial charge in [0, 0.05) is 18.5 Å². The molecule has 4 N–H and O–H groups in total. The lowest BCUT2D eigenvalue weighted by atomic mass is 9.82. The Morgan fingerprint density at radius 3 is 2.52 bits per heavy atom. The van der Waals surface area contributed by atoms with Gasteiger partial charge in [0.15, 0.2) is 0 Å². The fourth-order valence-corrected chi connectivity index (χ4v) is 3.80. The number of anilines is 2. The number of nitrogens with one attached hydrogen (secondary N) is 2. The number of hydrogen-bond acceptors (Lipinski definition) is 6. The summed E-state index contributed by atoms with van der Waals surface area (Å²) < 4.78 is 0. The van der Waals surface area contributed by atoms with Gasteiger partial charge in [-0.25, -0.2) is 4.98 Å². The first-order valence-corrected chi connectivity index (χ1v) is 10.2. The van der Waals surface area contributed by atoms with Crippen LogP contribution in [0, 0.1) is 11.8 Å². The summed E-state index contributed by atoms with van der Waals surface area (Å²) in [6.45, 7) is 3.74. The van der Waals surface area contributed by atoms with Crippen molar-refractivity contribution < 1.29 is 0 Å². The molecule has 0 radical (unpaired) electrons. The Kier molecular flexibility index (Phi) is 7.24. The van der Waals surface area contributed by atoms with Crippen molar-refractivity contribution in [2.75, 3.05) is 50.9 Å². The molecule has 27 heavy (non-hydrogen) atoms. The fraction of sp³-hybridized carbons (Fsp3) is 0.619. The smallest absolute Gasteiger partial charge is 0.225 e. The Morgan fingerprint density at radius 1 is 1.04 bits per heavy atom. The van der Waals surface area contributed by atoms with E-state index in [1.54, 1.807) is 0 Å². The van der Waals surface area contributed by atoms with Gasteiger partial charge in [-0.1, -0.05) is 12.1 Å². The Labute approximate surface area is 162 Å². The zero-order valence-electron chi connectivity index (χ0n) is 16.7. The van der Waals surface area contributed by atoms with Crippen LogP contribution < -0.4 is 16.4 Å². The van der Waals surface area contributed by atoms with Crippen molar-refractivity contribution in [3.63, 3.8) is 0 Å². The van der Waals surface area contributed by atoms with Crippen molar-refractivity contribution in [2.24, 2.45) is 17.6 Å². The average molecular weight is 371 g/mol. The maximum atomic E-state index is 5.80. The number of aromatic nitrogens is 2. The third-order valence-electron chi connectivity index (χ3n) is 5.53. The first-order chi connectivity index (χ1) is 13.2. The van der Waals surface area contributed by atoms with Crippen LogP contribution >= 0.6 is 0 Å². The SMILES string of the molecule is CN(C)CCCNc1nc(NC[C@H]2CC[C@H](CN)CC2)nc2ccccc12. The minimum Gasteiger partial charge on any atom is -0.369 e. The lowest BCUT2D eigenvalue weighted by Crippen LogP contribution is -2.25. The minimum atomic E-state index is 0.694. The van der Waals surface area contributed by atoms with Crippen molar-refractivity contribution in [2.45, 2.75) is 32.1 Å². The third-order valence-corrected chi connectivity index (χ3v) is 5.53. The second-order valence-corrected chi connectivity index (χ2v) is 8.00. The number of fused-ring (bicyclic) bond motifs is 1. The maximum Gasteiger partial charge on any atom is 0.225 e. The van der Waals surface area contributed by atoms with Crippen molar-refractivity contribution >= 4 is 22.7 Å². The second kappa shape index (κ2) is 9.85. The van der Waals surface area contributed by atoms with E-state index in [0.717, 1.165) is 61.2 Å². The molecule has 0 spiro atoms. The van der Waals surface area contributed by atoms with Gasteiger partial charge >= 0.3 is 0 Å². The van der Waals surface area contributed by atoms with Crippen LogP contribution in [0.5, 0.6) is 0 Å². The van der Waals surface area contributed by atoms with Gasteiger partial charge in [-0.05, 0) is 83.3 Å². The van der Waals surface area contributed by atoms with Crippen LogP contribution in [0.3, 0.4) is 0 Å². The van der Waals surface area contributed by atoms with E-state index in [9.17, 15) is 0 Å². The predicted octanol–water partition coefficient (Wildman–Crippen LogP) is 3.17. The number of nitrogens with zero attached hydrogens (tertiary/aromatic N) is 3. The number of nitrogens with two attached hydrogens (primary N) is 1. The molecule has 1 aromatic heterocycles. The molecule has 6 nitrogen and oxygen atoms in total. The van der Waals surface area contributed by atoms with E-state index in [1.165, 1.54) is 25.7 Å². The predicted molar refractivity (Wildman–Crippen MR) is 114 cm³/mol. The highest BCUT2D eigenvalue weighted by atomic mass is 15.1. The number of hydrogen-bond donors (Lipinski definition) is 3. The summed E-state index contributed by atoms with van der Waals surface area (Å²) in [5, 5.41) is 8.07. The van der Waals surface area contributed by atoms with Gasteiger partial charge in [-0.3, -0.25) is 0 Å². The maximum absolute atomic E-state index is 5.80. The minimum absolute atomic E-state index is 0.694. The molecule has 1 aliphatic rings. The van der Waals surface area contributed by atoms with Crippen LogP contribution in [0.15, 0.2) is 24.3 Å². The standard InChI is InChI=1S/C21H34N6/c1-27(2)13-5-12-23-20-18-6-3-4-7-19(18)25-21(26-20)24-15-17-10-8-16(14-22)9-11-17/h3-4,6-7,16-17H,5,8-15,22H2,1-2H3,(H2,23,24,25,26)/t16-,17-. The number of rotatable bonds is 9. The van der Waals surface area contributed by atoms with E-state index in [2.05, 4.69) is 41.8 Å². The summed E-state index contributed by atoms with van der Waals surface area (Å²) in [4.78, 5) is 11.7. The number of para-hydroxylation sites is 1. The van der Waals surface area contributed by atoms with E-state index in [1.807, 2.05) is 12.1 Å². The van der Waals surface area contributed by atoms with Crippen LogP contribution in [0.4, 0.5) is 11.8 Å². The van der Waals surface area contributed by atoms with E-state index in [4.69, 9.17) is 15.7 Å². The highest BCUT2D eigenvalue weighted by Gasteiger charge is 2.20.